The van der Waals surface area contributed by atoms with E-state index in [0.717, 1.165) is 35.4 Å². The van der Waals surface area contributed by atoms with Gasteiger partial charge in [-0.1, -0.05) is 33.3 Å². The first-order valence-electron chi connectivity index (χ1n) is 8.64. The van der Waals surface area contributed by atoms with E-state index in [2.05, 4.69) is 49.4 Å². The fraction of sp³-hybridized carbons (Fsp3) is 0.550. The zero-order chi connectivity index (χ0) is 16.6. The Morgan fingerprint density at radius 1 is 1.43 bits per heavy atom. The van der Waals surface area contributed by atoms with Crippen LogP contribution in [-0.4, -0.2) is 16.3 Å². The van der Waals surface area contributed by atoms with Crippen LogP contribution in [-0.2, 0) is 11.2 Å². The van der Waals surface area contributed by atoms with Crippen molar-refractivity contribution in [1.29, 1.82) is 0 Å². The Labute approximate surface area is 138 Å². The van der Waals surface area contributed by atoms with E-state index in [0.29, 0.717) is 18.1 Å². The molecule has 1 unspecified atom stereocenters. The van der Waals surface area contributed by atoms with E-state index >= 15 is 0 Å². The maximum absolute atomic E-state index is 12.3. The van der Waals surface area contributed by atoms with Crippen molar-refractivity contribution < 1.29 is 4.79 Å². The van der Waals surface area contributed by atoms with Gasteiger partial charge in [-0.25, -0.2) is 0 Å². The number of ketones is 1. The van der Waals surface area contributed by atoms with Crippen LogP contribution < -0.4 is 5.32 Å². The van der Waals surface area contributed by atoms with Crippen molar-refractivity contribution in [2.75, 3.05) is 0 Å². The fourth-order valence-corrected chi connectivity index (χ4v) is 4.06. The van der Waals surface area contributed by atoms with E-state index < -0.39 is 0 Å². The van der Waals surface area contributed by atoms with Gasteiger partial charge in [-0.3, -0.25) is 9.78 Å². The van der Waals surface area contributed by atoms with Crippen molar-refractivity contribution in [3.63, 3.8) is 0 Å². The maximum Gasteiger partial charge on any atom is 0.145 e. The highest BCUT2D eigenvalue weighted by Gasteiger charge is 2.34. The maximum atomic E-state index is 12.3. The van der Waals surface area contributed by atoms with Crippen molar-refractivity contribution in [1.82, 2.24) is 10.3 Å². The van der Waals surface area contributed by atoms with Crippen LogP contribution in [0.3, 0.4) is 0 Å². The monoisotopic (exact) mass is 310 g/mol. The number of fused-ring (bicyclic) bond motifs is 1. The quantitative estimate of drug-likeness (QED) is 0.855. The Balaban J connectivity index is 1.92. The van der Waals surface area contributed by atoms with Crippen molar-refractivity contribution in [2.45, 2.75) is 64.3 Å². The van der Waals surface area contributed by atoms with Gasteiger partial charge in [-0.2, -0.15) is 0 Å². The van der Waals surface area contributed by atoms with E-state index in [-0.39, 0.29) is 11.5 Å². The lowest BCUT2D eigenvalue weighted by atomic mass is 9.89. The molecule has 1 fully saturated rings. The molecule has 122 valence electrons. The van der Waals surface area contributed by atoms with Gasteiger partial charge in [-0.05, 0) is 42.9 Å². The lowest BCUT2D eigenvalue weighted by Gasteiger charge is -2.27. The number of rotatable bonds is 4. The van der Waals surface area contributed by atoms with E-state index in [1.807, 2.05) is 6.20 Å². The molecule has 0 spiro atoms. The number of Topliss-reactive ketones (excluding diaryl/α,β-unsaturated/α-hetero) is 1. The summed E-state index contributed by atoms with van der Waals surface area (Å²) in [5.74, 6) is 0.629. The Morgan fingerprint density at radius 2 is 2.13 bits per heavy atom. The number of carbonyl (C=O) groups excluding carboxylic acids is 1. The average molecular weight is 310 g/mol. The lowest BCUT2D eigenvalue weighted by Crippen LogP contribution is -2.38. The first kappa shape index (κ1) is 16.0. The molecule has 0 aliphatic heterocycles. The lowest BCUT2D eigenvalue weighted by molar-refractivity contribution is -0.119. The minimum absolute atomic E-state index is 0.000109. The molecule has 1 aromatic heterocycles. The van der Waals surface area contributed by atoms with Gasteiger partial charge < -0.3 is 5.32 Å². The number of aromatic nitrogens is 1. The highest BCUT2D eigenvalue weighted by molar-refractivity contribution is 5.93. The van der Waals surface area contributed by atoms with E-state index in [1.165, 1.54) is 12.8 Å². The SMILES string of the molecule is C=C=C(NC1(C)CCCC1)c1cc2c(cn1)CC(=O)C2C(C)C. The van der Waals surface area contributed by atoms with E-state index in [1.54, 1.807) is 0 Å². The van der Waals surface area contributed by atoms with Crippen LogP contribution in [0.1, 0.15) is 69.2 Å². The van der Waals surface area contributed by atoms with Gasteiger partial charge >= 0.3 is 0 Å². The summed E-state index contributed by atoms with van der Waals surface area (Å²) in [6.45, 7) is 10.3. The molecule has 2 aliphatic rings. The summed E-state index contributed by atoms with van der Waals surface area (Å²) in [6, 6.07) is 2.07. The minimum atomic E-state index is -0.000109. The van der Waals surface area contributed by atoms with E-state index in [9.17, 15) is 4.79 Å². The smallest absolute Gasteiger partial charge is 0.145 e. The van der Waals surface area contributed by atoms with Crippen LogP contribution in [0.25, 0.3) is 5.70 Å². The number of pyridine rings is 1. The molecule has 1 saturated carbocycles. The van der Waals surface area contributed by atoms with Crippen LogP contribution in [0.2, 0.25) is 0 Å². The second-order valence-electron chi connectivity index (χ2n) is 7.58. The molecule has 1 aromatic rings. The summed E-state index contributed by atoms with van der Waals surface area (Å²) < 4.78 is 0. The average Bonchev–Trinajstić information content (AvgIpc) is 3.07. The Hall–Kier alpha value is -1.86. The predicted molar refractivity (Wildman–Crippen MR) is 93.1 cm³/mol. The summed E-state index contributed by atoms with van der Waals surface area (Å²) in [7, 11) is 0. The standard InChI is InChI=1S/C20H26N2O/c1-5-16(22-20(4)8-6-7-9-20)17-11-15-14(12-21-17)10-18(23)19(15)13(2)3/h11-13,19,22H,1,6-10H2,2-4H3. The number of hydrogen-bond donors (Lipinski definition) is 1. The van der Waals surface area contributed by atoms with Crippen LogP contribution in [0.15, 0.2) is 24.6 Å². The fourth-order valence-electron chi connectivity index (χ4n) is 4.06. The molecule has 0 aromatic carbocycles. The van der Waals surface area contributed by atoms with Crippen molar-refractivity contribution in [2.24, 2.45) is 5.92 Å². The normalized spacial score (nSPS) is 22.1. The summed E-state index contributed by atoms with van der Waals surface area (Å²) in [6.07, 6.45) is 7.22. The van der Waals surface area contributed by atoms with Gasteiger partial charge in [0.2, 0.25) is 0 Å². The molecule has 23 heavy (non-hydrogen) atoms. The number of nitrogens with zero attached hydrogens (tertiary/aromatic N) is 1. The molecule has 0 radical (unpaired) electrons. The molecule has 3 rings (SSSR count). The number of carbonyl (C=O) groups is 1. The molecule has 0 bridgehead atoms. The zero-order valence-electron chi connectivity index (χ0n) is 14.4. The largest absolute Gasteiger partial charge is 0.372 e. The highest BCUT2D eigenvalue weighted by atomic mass is 16.1. The Morgan fingerprint density at radius 3 is 2.74 bits per heavy atom. The third kappa shape index (κ3) is 2.98. The molecular formula is C20H26N2O. The molecule has 2 aliphatic carbocycles. The molecule has 0 amide bonds. The van der Waals surface area contributed by atoms with Crippen LogP contribution in [0.4, 0.5) is 0 Å². The van der Waals surface area contributed by atoms with Crippen molar-refractivity contribution in [3.05, 3.63) is 41.4 Å². The van der Waals surface area contributed by atoms with Gasteiger partial charge in [0, 0.05) is 24.1 Å². The first-order chi connectivity index (χ1) is 10.9. The minimum Gasteiger partial charge on any atom is -0.372 e. The number of hydrogen-bond acceptors (Lipinski definition) is 3. The van der Waals surface area contributed by atoms with Crippen LogP contribution in [0.5, 0.6) is 0 Å². The molecule has 1 heterocycles. The topological polar surface area (TPSA) is 42.0 Å². The molecule has 0 saturated heterocycles. The van der Waals surface area contributed by atoms with Crippen LogP contribution in [0, 0.1) is 5.92 Å². The van der Waals surface area contributed by atoms with Crippen molar-refractivity contribution >= 4 is 11.5 Å². The van der Waals surface area contributed by atoms with Gasteiger partial charge in [0.15, 0.2) is 0 Å². The molecule has 3 nitrogen and oxygen atoms in total. The van der Waals surface area contributed by atoms with Gasteiger partial charge in [0.1, 0.15) is 11.5 Å². The summed E-state index contributed by atoms with van der Waals surface area (Å²) in [4.78, 5) is 16.8. The van der Waals surface area contributed by atoms with Gasteiger partial charge in [0.05, 0.1) is 5.69 Å². The number of nitrogens with one attached hydrogen (secondary N) is 1. The third-order valence-electron chi connectivity index (χ3n) is 5.30. The van der Waals surface area contributed by atoms with Gasteiger partial charge in [-0.15, -0.1) is 5.73 Å². The predicted octanol–water partition coefficient (Wildman–Crippen LogP) is 3.99. The summed E-state index contributed by atoms with van der Waals surface area (Å²) >= 11 is 0. The molecule has 1 atom stereocenters. The van der Waals surface area contributed by atoms with Crippen LogP contribution >= 0.6 is 0 Å². The van der Waals surface area contributed by atoms with Gasteiger partial charge in [0.25, 0.3) is 0 Å². The Kier molecular flexibility index (Phi) is 4.16. The molecule has 1 N–H and O–H groups in total. The zero-order valence-corrected chi connectivity index (χ0v) is 14.4. The highest BCUT2D eigenvalue weighted by Crippen LogP contribution is 2.37. The Bertz CT molecular complexity index is 677. The second kappa shape index (κ2) is 5.98. The molecule has 3 heteroatoms. The summed E-state index contributed by atoms with van der Waals surface area (Å²) in [5.41, 5.74) is 7.06. The van der Waals surface area contributed by atoms with Crippen molar-refractivity contribution in [3.8, 4) is 0 Å². The second-order valence-corrected chi connectivity index (χ2v) is 7.58. The molecular weight excluding hydrogens is 284 g/mol. The first-order valence-corrected chi connectivity index (χ1v) is 8.64. The van der Waals surface area contributed by atoms with E-state index in [4.69, 9.17) is 0 Å². The third-order valence-corrected chi connectivity index (χ3v) is 5.30. The summed E-state index contributed by atoms with van der Waals surface area (Å²) in [5, 5.41) is 3.60.